The van der Waals surface area contributed by atoms with E-state index in [-0.39, 0.29) is 16.6 Å². The summed E-state index contributed by atoms with van der Waals surface area (Å²) in [6.07, 6.45) is 7.35. The predicted molar refractivity (Wildman–Crippen MR) is 153 cm³/mol. The Morgan fingerprint density at radius 2 is 1.75 bits per heavy atom. The SMILES string of the molecule is Cc1ccc(S(=O)(=O)n2cc(-c3cncc(F)c3)c3cc(-c4ccc(CN5CCCC(O)C5)cc4)cnc32)cc1. The number of nitrogens with zero attached hydrogens (tertiary/aromatic N) is 4. The fraction of sp³-hybridized carbons (Fsp3) is 0.226. The molecule has 1 aliphatic heterocycles. The maximum atomic E-state index is 14.1. The maximum absolute atomic E-state index is 14.1. The van der Waals surface area contributed by atoms with Gasteiger partial charge in [0.15, 0.2) is 5.65 Å². The Morgan fingerprint density at radius 3 is 2.48 bits per heavy atom. The lowest BCUT2D eigenvalue weighted by atomic mass is 10.0. The number of pyridine rings is 2. The summed E-state index contributed by atoms with van der Waals surface area (Å²) >= 11 is 0. The Labute approximate surface area is 232 Å². The molecule has 6 rings (SSSR count). The van der Waals surface area contributed by atoms with Crippen molar-refractivity contribution in [2.24, 2.45) is 0 Å². The van der Waals surface area contributed by atoms with E-state index in [9.17, 15) is 17.9 Å². The lowest BCUT2D eigenvalue weighted by Gasteiger charge is -2.29. The van der Waals surface area contributed by atoms with Gasteiger partial charge >= 0.3 is 0 Å². The summed E-state index contributed by atoms with van der Waals surface area (Å²) in [5.41, 5.74) is 5.06. The molecule has 9 heteroatoms. The number of β-amino-alcohol motifs (C(OH)–C–C–N with tert-alkyl or cyclic N) is 1. The van der Waals surface area contributed by atoms with Gasteiger partial charge in [0.25, 0.3) is 10.0 Å². The van der Waals surface area contributed by atoms with Crippen molar-refractivity contribution in [3.8, 4) is 22.3 Å². The molecule has 3 aromatic heterocycles. The molecule has 7 nitrogen and oxygen atoms in total. The molecular formula is C31H29FN4O3S. The van der Waals surface area contributed by atoms with Gasteiger partial charge in [0.1, 0.15) is 5.82 Å². The summed E-state index contributed by atoms with van der Waals surface area (Å²) in [6, 6.07) is 18.0. The minimum absolute atomic E-state index is 0.140. The number of hydrogen-bond acceptors (Lipinski definition) is 6. The van der Waals surface area contributed by atoms with E-state index in [1.165, 1.54) is 18.5 Å². The summed E-state index contributed by atoms with van der Waals surface area (Å²) in [7, 11) is -3.96. The van der Waals surface area contributed by atoms with Crippen LogP contribution in [0.15, 0.2) is 90.3 Å². The predicted octanol–water partition coefficient (Wildman–Crippen LogP) is 5.41. The van der Waals surface area contributed by atoms with Crippen LogP contribution >= 0.6 is 0 Å². The average molecular weight is 557 g/mol. The molecule has 2 aromatic carbocycles. The third-order valence-electron chi connectivity index (χ3n) is 7.38. The summed E-state index contributed by atoms with van der Waals surface area (Å²) < 4.78 is 42.6. The molecule has 0 aliphatic carbocycles. The zero-order valence-electron chi connectivity index (χ0n) is 22.0. The van der Waals surface area contributed by atoms with Gasteiger partial charge in [-0.05, 0) is 61.7 Å². The molecule has 1 unspecified atom stereocenters. The van der Waals surface area contributed by atoms with Crippen LogP contribution in [0.4, 0.5) is 4.39 Å². The third kappa shape index (κ3) is 5.15. The number of benzene rings is 2. The van der Waals surface area contributed by atoms with Crippen LogP contribution in [-0.4, -0.2) is 51.6 Å². The monoisotopic (exact) mass is 556 g/mol. The fourth-order valence-corrected chi connectivity index (χ4v) is 6.59. The maximum Gasteiger partial charge on any atom is 0.269 e. The normalized spacial score (nSPS) is 16.4. The first-order valence-electron chi connectivity index (χ1n) is 13.2. The van der Waals surface area contributed by atoms with Gasteiger partial charge in [0, 0.05) is 53.8 Å². The van der Waals surface area contributed by atoms with Crippen molar-refractivity contribution in [1.29, 1.82) is 0 Å². The van der Waals surface area contributed by atoms with Gasteiger partial charge in [-0.1, -0.05) is 42.0 Å². The van der Waals surface area contributed by atoms with Gasteiger partial charge in [-0.2, -0.15) is 0 Å². The molecule has 5 aromatic rings. The van der Waals surface area contributed by atoms with Crippen molar-refractivity contribution in [2.45, 2.75) is 37.3 Å². The van der Waals surface area contributed by atoms with E-state index >= 15 is 0 Å². The lowest BCUT2D eigenvalue weighted by Crippen LogP contribution is -2.37. The van der Waals surface area contributed by atoms with E-state index < -0.39 is 15.8 Å². The number of aromatic nitrogens is 3. The van der Waals surface area contributed by atoms with Crippen molar-refractivity contribution in [3.05, 3.63) is 102 Å². The first kappa shape index (κ1) is 26.3. The van der Waals surface area contributed by atoms with Crippen molar-refractivity contribution < 1.29 is 17.9 Å². The Hall–Kier alpha value is -3.92. The van der Waals surface area contributed by atoms with Crippen LogP contribution in [0, 0.1) is 12.7 Å². The van der Waals surface area contributed by atoms with Gasteiger partial charge in [-0.25, -0.2) is 21.8 Å². The number of piperidine rings is 1. The number of aryl methyl sites for hydroxylation is 1. The second-order valence-corrected chi connectivity index (χ2v) is 12.2. The van der Waals surface area contributed by atoms with Crippen molar-refractivity contribution >= 4 is 21.1 Å². The molecule has 1 aliphatic rings. The fourth-order valence-electron chi connectivity index (χ4n) is 5.27. The van der Waals surface area contributed by atoms with Crippen molar-refractivity contribution in [1.82, 2.24) is 18.8 Å². The van der Waals surface area contributed by atoms with E-state index in [1.54, 1.807) is 30.5 Å². The average Bonchev–Trinajstić information content (AvgIpc) is 3.34. The van der Waals surface area contributed by atoms with Crippen LogP contribution in [0.1, 0.15) is 24.0 Å². The molecule has 0 saturated carbocycles. The van der Waals surface area contributed by atoms with Gasteiger partial charge in [-0.15, -0.1) is 0 Å². The van der Waals surface area contributed by atoms with E-state index in [0.29, 0.717) is 23.1 Å². The van der Waals surface area contributed by atoms with Gasteiger partial charge in [-0.3, -0.25) is 9.88 Å². The van der Waals surface area contributed by atoms with Crippen LogP contribution in [0.2, 0.25) is 0 Å². The topological polar surface area (TPSA) is 88.3 Å². The van der Waals surface area contributed by atoms with E-state index in [4.69, 9.17) is 0 Å². The molecule has 0 spiro atoms. The summed E-state index contributed by atoms with van der Waals surface area (Å²) in [5.74, 6) is -0.513. The molecule has 1 saturated heterocycles. The Kier molecular flexibility index (Phi) is 6.95. The molecule has 1 atom stereocenters. The van der Waals surface area contributed by atoms with E-state index in [2.05, 4.69) is 27.0 Å². The molecule has 40 heavy (non-hydrogen) atoms. The van der Waals surface area contributed by atoms with Crippen LogP contribution in [-0.2, 0) is 16.6 Å². The number of rotatable bonds is 6. The highest BCUT2D eigenvalue weighted by molar-refractivity contribution is 7.90. The number of fused-ring (bicyclic) bond motifs is 1. The molecule has 1 N–H and O–H groups in total. The number of aliphatic hydroxyl groups excluding tert-OH is 1. The minimum atomic E-state index is -3.96. The standard InChI is InChI=1S/C31H29FN4O3S/c1-21-4-10-28(11-5-21)40(38,39)36-20-30(25-13-26(32)17-33-15-25)29-14-24(16-34-31(29)36)23-8-6-22(7-9-23)18-35-12-2-3-27(37)19-35/h4-11,13-17,20,27,37H,2-3,12,18-19H2,1H3. The Bertz CT molecular complexity index is 1780. The molecule has 0 amide bonds. The summed E-state index contributed by atoms with van der Waals surface area (Å²) in [6.45, 7) is 4.32. The quantitative estimate of drug-likeness (QED) is 0.301. The second kappa shape index (κ2) is 10.6. The number of likely N-dealkylation sites (tertiary alicyclic amines) is 1. The molecule has 0 radical (unpaired) electrons. The molecular weight excluding hydrogens is 527 g/mol. The minimum Gasteiger partial charge on any atom is -0.392 e. The highest BCUT2D eigenvalue weighted by atomic mass is 32.2. The van der Waals surface area contributed by atoms with Crippen molar-refractivity contribution in [2.75, 3.05) is 13.1 Å². The smallest absolute Gasteiger partial charge is 0.269 e. The number of aliphatic hydroxyl groups is 1. The molecule has 1 fully saturated rings. The van der Waals surface area contributed by atoms with Crippen molar-refractivity contribution in [3.63, 3.8) is 0 Å². The number of hydrogen-bond donors (Lipinski definition) is 1. The second-order valence-electron chi connectivity index (χ2n) is 10.4. The number of halogens is 1. The van der Waals surface area contributed by atoms with E-state index in [1.807, 2.05) is 25.1 Å². The summed E-state index contributed by atoms with van der Waals surface area (Å²) in [4.78, 5) is 11.0. The van der Waals surface area contributed by atoms with Gasteiger partial charge in [0.2, 0.25) is 0 Å². The first-order valence-corrected chi connectivity index (χ1v) is 14.7. The van der Waals surface area contributed by atoms with Crippen LogP contribution in [0.5, 0.6) is 0 Å². The van der Waals surface area contributed by atoms with Crippen LogP contribution in [0.25, 0.3) is 33.3 Å². The highest BCUT2D eigenvalue weighted by Crippen LogP contribution is 2.35. The molecule has 4 heterocycles. The zero-order chi connectivity index (χ0) is 27.9. The zero-order valence-corrected chi connectivity index (χ0v) is 22.9. The van der Waals surface area contributed by atoms with E-state index in [0.717, 1.165) is 58.4 Å². The van der Waals surface area contributed by atoms with Crippen LogP contribution in [0.3, 0.4) is 0 Å². The third-order valence-corrected chi connectivity index (χ3v) is 9.04. The largest absolute Gasteiger partial charge is 0.392 e. The van der Waals surface area contributed by atoms with Gasteiger partial charge in [0.05, 0.1) is 17.2 Å². The summed E-state index contributed by atoms with van der Waals surface area (Å²) in [5, 5.41) is 10.5. The Balaban J connectivity index is 1.41. The molecule has 0 bridgehead atoms. The Morgan fingerprint density at radius 1 is 0.975 bits per heavy atom. The first-order chi connectivity index (χ1) is 19.3. The van der Waals surface area contributed by atoms with Gasteiger partial charge < -0.3 is 5.11 Å². The van der Waals surface area contributed by atoms with Crippen LogP contribution < -0.4 is 0 Å². The highest BCUT2D eigenvalue weighted by Gasteiger charge is 2.24. The lowest BCUT2D eigenvalue weighted by molar-refractivity contribution is 0.0668. The molecule has 204 valence electrons.